The summed E-state index contributed by atoms with van der Waals surface area (Å²) in [5.74, 6) is 0.731. The van der Waals surface area contributed by atoms with E-state index in [2.05, 4.69) is 15.3 Å². The largest absolute Gasteiger partial charge is 0.496 e. The van der Waals surface area contributed by atoms with Crippen LogP contribution in [0.25, 0.3) is 11.0 Å². The van der Waals surface area contributed by atoms with Gasteiger partial charge in [0.2, 0.25) is 0 Å². The molecule has 1 unspecified atom stereocenters. The molecule has 1 aromatic heterocycles. The Morgan fingerprint density at radius 2 is 1.92 bits per heavy atom. The first-order valence-corrected chi connectivity index (χ1v) is 8.63. The smallest absolute Gasteiger partial charge is 0.274 e. The highest BCUT2D eigenvalue weighted by Gasteiger charge is 2.27. The van der Waals surface area contributed by atoms with Gasteiger partial charge in [-0.2, -0.15) is 0 Å². The molecule has 0 spiro atoms. The Morgan fingerprint density at radius 1 is 1.15 bits per heavy atom. The third-order valence-corrected chi connectivity index (χ3v) is 4.64. The van der Waals surface area contributed by atoms with Crippen molar-refractivity contribution in [3.63, 3.8) is 0 Å². The van der Waals surface area contributed by atoms with E-state index in [1.807, 2.05) is 53.4 Å². The van der Waals surface area contributed by atoms with Gasteiger partial charge in [-0.3, -0.25) is 9.78 Å². The van der Waals surface area contributed by atoms with E-state index in [-0.39, 0.29) is 11.9 Å². The molecule has 1 saturated heterocycles. The molecular formula is C20H20N4O2. The van der Waals surface area contributed by atoms with E-state index in [4.69, 9.17) is 4.74 Å². The maximum atomic E-state index is 12.9. The zero-order valence-corrected chi connectivity index (χ0v) is 14.6. The molecule has 0 saturated carbocycles. The van der Waals surface area contributed by atoms with E-state index >= 15 is 0 Å². The summed E-state index contributed by atoms with van der Waals surface area (Å²) < 4.78 is 5.46. The lowest BCUT2D eigenvalue weighted by Crippen LogP contribution is -2.48. The second-order valence-corrected chi connectivity index (χ2v) is 6.24. The molecule has 0 aliphatic carbocycles. The lowest BCUT2D eigenvalue weighted by atomic mass is 10.0. The number of carbonyl (C=O) groups is 1. The zero-order chi connectivity index (χ0) is 17.9. The van der Waals surface area contributed by atoms with Crippen molar-refractivity contribution in [1.29, 1.82) is 0 Å². The Kier molecular flexibility index (Phi) is 4.50. The summed E-state index contributed by atoms with van der Waals surface area (Å²) in [7, 11) is 1.66. The quantitative estimate of drug-likeness (QED) is 0.787. The maximum Gasteiger partial charge on any atom is 0.274 e. The van der Waals surface area contributed by atoms with E-state index < -0.39 is 0 Å². The molecule has 6 nitrogen and oxygen atoms in total. The predicted octanol–water partition coefficient (Wildman–Crippen LogP) is 2.43. The molecule has 132 valence electrons. The molecule has 1 aliphatic rings. The number of hydrogen-bond acceptors (Lipinski definition) is 5. The number of fused-ring (bicyclic) bond motifs is 1. The highest BCUT2D eigenvalue weighted by atomic mass is 16.5. The first-order chi connectivity index (χ1) is 12.8. The summed E-state index contributed by atoms with van der Waals surface area (Å²) in [6, 6.07) is 15.5. The molecule has 2 heterocycles. The van der Waals surface area contributed by atoms with Gasteiger partial charge in [-0.1, -0.05) is 30.3 Å². The minimum atomic E-state index is -0.0929. The van der Waals surface area contributed by atoms with Crippen molar-refractivity contribution < 1.29 is 9.53 Å². The second kappa shape index (κ2) is 7.09. The van der Waals surface area contributed by atoms with E-state index in [0.717, 1.165) is 28.9 Å². The Hall–Kier alpha value is -2.99. The van der Waals surface area contributed by atoms with E-state index in [1.54, 1.807) is 13.3 Å². The van der Waals surface area contributed by atoms with Crippen LogP contribution >= 0.6 is 0 Å². The van der Waals surface area contributed by atoms with Crippen LogP contribution in [0.15, 0.2) is 54.7 Å². The second-order valence-electron chi connectivity index (χ2n) is 6.24. The summed E-state index contributed by atoms with van der Waals surface area (Å²) in [6.45, 7) is 1.92. The average Bonchev–Trinajstić information content (AvgIpc) is 2.73. The van der Waals surface area contributed by atoms with Crippen molar-refractivity contribution in [3.8, 4) is 5.75 Å². The summed E-state index contributed by atoms with van der Waals surface area (Å²) in [6.07, 6.45) is 1.56. The monoisotopic (exact) mass is 348 g/mol. The van der Waals surface area contributed by atoms with Gasteiger partial charge in [0, 0.05) is 25.2 Å². The topological polar surface area (TPSA) is 67.3 Å². The minimum Gasteiger partial charge on any atom is -0.496 e. The molecule has 4 rings (SSSR count). The summed E-state index contributed by atoms with van der Waals surface area (Å²) in [5, 5.41) is 3.47. The molecule has 1 aliphatic heterocycles. The van der Waals surface area contributed by atoms with E-state index in [1.165, 1.54) is 0 Å². The van der Waals surface area contributed by atoms with Crippen LogP contribution in [-0.4, -0.2) is 47.5 Å². The third kappa shape index (κ3) is 3.11. The van der Waals surface area contributed by atoms with Gasteiger partial charge in [0.25, 0.3) is 5.91 Å². The number of carbonyl (C=O) groups excluding carboxylic acids is 1. The Balaban J connectivity index is 1.57. The standard InChI is InChI=1S/C20H20N4O2/c1-26-19-9-5-2-6-14(19)18-13-24(11-10-21-18)20(25)17-12-22-15-7-3-4-8-16(15)23-17/h2-9,12,18,21H,10-11,13H2,1H3. The zero-order valence-electron chi connectivity index (χ0n) is 14.6. The number of rotatable bonds is 3. The number of piperazine rings is 1. The molecule has 6 heteroatoms. The predicted molar refractivity (Wildman–Crippen MR) is 99.2 cm³/mol. The van der Waals surface area contributed by atoms with Crippen molar-refractivity contribution in [1.82, 2.24) is 20.2 Å². The Morgan fingerprint density at radius 3 is 2.77 bits per heavy atom. The molecule has 3 aromatic rings. The number of aromatic nitrogens is 2. The van der Waals surface area contributed by atoms with Gasteiger partial charge in [0.1, 0.15) is 11.4 Å². The van der Waals surface area contributed by atoms with Crippen LogP contribution in [0.3, 0.4) is 0 Å². The van der Waals surface area contributed by atoms with Crippen molar-refractivity contribution >= 4 is 16.9 Å². The highest BCUT2D eigenvalue weighted by Crippen LogP contribution is 2.27. The number of hydrogen-bond donors (Lipinski definition) is 1. The van der Waals surface area contributed by atoms with Crippen LogP contribution < -0.4 is 10.1 Å². The number of methoxy groups -OCH3 is 1. The molecule has 0 bridgehead atoms. The Bertz CT molecular complexity index is 944. The van der Waals surface area contributed by atoms with Crippen molar-refractivity contribution in [2.75, 3.05) is 26.7 Å². The first-order valence-electron chi connectivity index (χ1n) is 8.63. The van der Waals surface area contributed by atoms with Crippen LogP contribution in [0, 0.1) is 0 Å². The van der Waals surface area contributed by atoms with Gasteiger partial charge in [-0.25, -0.2) is 4.98 Å². The maximum absolute atomic E-state index is 12.9. The number of para-hydroxylation sites is 3. The van der Waals surface area contributed by atoms with Crippen LogP contribution in [0.5, 0.6) is 5.75 Å². The number of nitrogens with zero attached hydrogens (tertiary/aromatic N) is 3. The molecule has 1 N–H and O–H groups in total. The van der Waals surface area contributed by atoms with Gasteiger partial charge < -0.3 is 15.0 Å². The van der Waals surface area contributed by atoms with Crippen LogP contribution in [0.1, 0.15) is 22.1 Å². The Labute approximate surface area is 151 Å². The van der Waals surface area contributed by atoms with E-state index in [9.17, 15) is 4.79 Å². The summed E-state index contributed by atoms with van der Waals surface area (Å²) >= 11 is 0. The fraction of sp³-hybridized carbons (Fsp3) is 0.250. The first kappa shape index (κ1) is 16.5. The third-order valence-electron chi connectivity index (χ3n) is 4.64. The number of amides is 1. The number of benzene rings is 2. The van der Waals surface area contributed by atoms with Crippen molar-refractivity contribution in [2.45, 2.75) is 6.04 Å². The fourth-order valence-corrected chi connectivity index (χ4v) is 3.32. The fourth-order valence-electron chi connectivity index (χ4n) is 3.32. The van der Waals surface area contributed by atoms with Gasteiger partial charge >= 0.3 is 0 Å². The average molecular weight is 348 g/mol. The minimum absolute atomic E-state index is 0.0252. The van der Waals surface area contributed by atoms with Gasteiger partial charge in [-0.15, -0.1) is 0 Å². The molecule has 0 radical (unpaired) electrons. The van der Waals surface area contributed by atoms with Crippen molar-refractivity contribution in [2.24, 2.45) is 0 Å². The lowest BCUT2D eigenvalue weighted by Gasteiger charge is -2.34. The van der Waals surface area contributed by atoms with Gasteiger partial charge in [0.15, 0.2) is 0 Å². The number of nitrogens with one attached hydrogen (secondary N) is 1. The van der Waals surface area contributed by atoms with Crippen LogP contribution in [0.4, 0.5) is 0 Å². The van der Waals surface area contributed by atoms with Crippen LogP contribution in [-0.2, 0) is 0 Å². The number of ether oxygens (including phenoxy) is 1. The van der Waals surface area contributed by atoms with Gasteiger partial charge in [0.05, 0.1) is 30.4 Å². The molecule has 1 atom stereocenters. The SMILES string of the molecule is COc1ccccc1C1CN(C(=O)c2cnc3ccccc3n2)CCN1. The van der Waals surface area contributed by atoms with E-state index in [0.29, 0.717) is 18.8 Å². The molecule has 1 amide bonds. The normalized spacial score (nSPS) is 17.3. The molecular weight excluding hydrogens is 328 g/mol. The summed E-state index contributed by atoms with van der Waals surface area (Å²) in [4.78, 5) is 23.6. The van der Waals surface area contributed by atoms with Gasteiger partial charge in [-0.05, 0) is 18.2 Å². The molecule has 2 aromatic carbocycles. The molecule has 26 heavy (non-hydrogen) atoms. The van der Waals surface area contributed by atoms with Crippen LogP contribution in [0.2, 0.25) is 0 Å². The summed E-state index contributed by atoms with van der Waals surface area (Å²) in [5.41, 5.74) is 2.95. The lowest BCUT2D eigenvalue weighted by molar-refractivity contribution is 0.0696. The van der Waals surface area contributed by atoms with Crippen molar-refractivity contribution in [3.05, 3.63) is 66.0 Å². The molecule has 1 fully saturated rings. The highest BCUT2D eigenvalue weighted by molar-refractivity contribution is 5.93.